The molecule has 1 N–H and O–H groups in total. The Labute approximate surface area is 111 Å². The molecule has 1 aromatic rings. The fraction of sp³-hybridized carbons (Fsp3) is 0.385. The van der Waals surface area contributed by atoms with Crippen molar-refractivity contribution in [1.29, 1.82) is 0 Å². The van der Waals surface area contributed by atoms with Crippen LogP contribution in [0.5, 0.6) is 0 Å². The molecule has 16 heavy (non-hydrogen) atoms. The standard InChI is InChI=1S/C13H17BrClN/c1-4-9(2)8-12(16-3)10-6-5-7-11(14)13(10)15/h5-7,12,16H,2,4,8H2,1,3H3. The van der Waals surface area contributed by atoms with Crippen molar-refractivity contribution in [2.75, 3.05) is 7.05 Å². The molecule has 0 saturated heterocycles. The smallest absolute Gasteiger partial charge is 0.0595 e. The number of benzene rings is 1. The van der Waals surface area contributed by atoms with Crippen molar-refractivity contribution in [3.05, 3.63) is 45.4 Å². The van der Waals surface area contributed by atoms with Gasteiger partial charge in [-0.25, -0.2) is 0 Å². The second-order valence-corrected chi connectivity index (χ2v) is 5.02. The van der Waals surface area contributed by atoms with E-state index in [1.54, 1.807) is 0 Å². The summed E-state index contributed by atoms with van der Waals surface area (Å²) in [6.07, 6.45) is 1.92. The lowest BCUT2D eigenvalue weighted by Crippen LogP contribution is -2.17. The Morgan fingerprint density at radius 2 is 2.25 bits per heavy atom. The summed E-state index contributed by atoms with van der Waals surface area (Å²) in [5.41, 5.74) is 2.35. The minimum absolute atomic E-state index is 0.234. The zero-order chi connectivity index (χ0) is 12.1. The third-order valence-electron chi connectivity index (χ3n) is 2.70. The van der Waals surface area contributed by atoms with Crippen molar-refractivity contribution >= 4 is 27.5 Å². The molecule has 1 nitrogen and oxygen atoms in total. The molecule has 0 spiro atoms. The molecule has 0 aromatic heterocycles. The Hall–Kier alpha value is -0.310. The van der Waals surface area contributed by atoms with Gasteiger partial charge in [-0.3, -0.25) is 0 Å². The van der Waals surface area contributed by atoms with Crippen LogP contribution >= 0.6 is 27.5 Å². The Morgan fingerprint density at radius 1 is 1.56 bits per heavy atom. The maximum atomic E-state index is 6.28. The highest BCUT2D eigenvalue weighted by atomic mass is 79.9. The molecule has 1 rings (SSSR count). The number of hydrogen-bond acceptors (Lipinski definition) is 1. The van der Waals surface area contributed by atoms with Gasteiger partial charge >= 0.3 is 0 Å². The summed E-state index contributed by atoms with van der Waals surface area (Å²) < 4.78 is 0.939. The molecule has 3 heteroatoms. The molecular weight excluding hydrogens is 286 g/mol. The summed E-state index contributed by atoms with van der Waals surface area (Å²) in [4.78, 5) is 0. The average Bonchev–Trinajstić information content (AvgIpc) is 2.29. The lowest BCUT2D eigenvalue weighted by Gasteiger charge is -2.19. The van der Waals surface area contributed by atoms with Crippen LogP contribution in [0, 0.1) is 0 Å². The van der Waals surface area contributed by atoms with Crippen molar-refractivity contribution in [3.63, 3.8) is 0 Å². The highest BCUT2D eigenvalue weighted by molar-refractivity contribution is 9.10. The maximum absolute atomic E-state index is 6.28. The van der Waals surface area contributed by atoms with Crippen LogP contribution in [0.3, 0.4) is 0 Å². The molecule has 0 aliphatic carbocycles. The largest absolute Gasteiger partial charge is 0.313 e. The molecule has 1 aromatic carbocycles. The molecule has 0 radical (unpaired) electrons. The normalized spacial score (nSPS) is 12.5. The Balaban J connectivity index is 2.95. The van der Waals surface area contributed by atoms with Gasteiger partial charge < -0.3 is 5.32 Å². The van der Waals surface area contributed by atoms with E-state index >= 15 is 0 Å². The summed E-state index contributed by atoms with van der Waals surface area (Å²) in [5, 5.41) is 4.07. The van der Waals surface area contributed by atoms with Crippen LogP contribution < -0.4 is 5.32 Å². The first-order chi connectivity index (χ1) is 7.60. The van der Waals surface area contributed by atoms with E-state index in [-0.39, 0.29) is 6.04 Å². The van der Waals surface area contributed by atoms with Gasteiger partial charge in [-0.15, -0.1) is 0 Å². The van der Waals surface area contributed by atoms with Crippen molar-refractivity contribution in [3.8, 4) is 0 Å². The SMILES string of the molecule is C=C(CC)CC(NC)c1cccc(Br)c1Cl. The van der Waals surface area contributed by atoms with Crippen molar-refractivity contribution in [1.82, 2.24) is 5.32 Å². The van der Waals surface area contributed by atoms with Crippen LogP contribution in [0.4, 0.5) is 0 Å². The van der Waals surface area contributed by atoms with E-state index in [1.165, 1.54) is 5.57 Å². The van der Waals surface area contributed by atoms with Gasteiger partial charge in [0.2, 0.25) is 0 Å². The topological polar surface area (TPSA) is 12.0 Å². The highest BCUT2D eigenvalue weighted by Gasteiger charge is 2.14. The van der Waals surface area contributed by atoms with Gasteiger partial charge in [-0.05, 0) is 47.4 Å². The average molecular weight is 303 g/mol. The summed E-state index contributed by atoms with van der Waals surface area (Å²) in [6, 6.07) is 6.24. The van der Waals surface area contributed by atoms with Crippen molar-refractivity contribution in [2.24, 2.45) is 0 Å². The molecule has 0 bridgehead atoms. The quantitative estimate of drug-likeness (QED) is 0.776. The molecular formula is C13H17BrClN. The first-order valence-corrected chi connectivity index (χ1v) is 6.55. The van der Waals surface area contributed by atoms with Crippen molar-refractivity contribution in [2.45, 2.75) is 25.8 Å². The minimum Gasteiger partial charge on any atom is -0.313 e. The van der Waals surface area contributed by atoms with Gasteiger partial charge in [-0.2, -0.15) is 0 Å². The van der Waals surface area contributed by atoms with Gasteiger partial charge in [0.1, 0.15) is 0 Å². The van der Waals surface area contributed by atoms with Gasteiger partial charge in [0.05, 0.1) is 5.02 Å². The van der Waals surface area contributed by atoms with Crippen LogP contribution in [0.15, 0.2) is 34.8 Å². The van der Waals surface area contributed by atoms with Gasteiger partial charge in [0, 0.05) is 10.5 Å². The van der Waals surface area contributed by atoms with Crippen molar-refractivity contribution < 1.29 is 0 Å². The molecule has 0 amide bonds. The molecule has 0 fully saturated rings. The Kier molecular flexibility index (Phi) is 5.53. The zero-order valence-electron chi connectivity index (χ0n) is 9.69. The molecule has 0 saturated carbocycles. The lowest BCUT2D eigenvalue weighted by molar-refractivity contribution is 0.582. The van der Waals surface area contributed by atoms with E-state index in [0.29, 0.717) is 0 Å². The van der Waals surface area contributed by atoms with Gasteiger partial charge in [0.15, 0.2) is 0 Å². The Bertz CT molecular complexity index is 376. The summed E-state index contributed by atoms with van der Waals surface area (Å²) in [6.45, 7) is 6.17. The summed E-state index contributed by atoms with van der Waals surface area (Å²) >= 11 is 9.72. The summed E-state index contributed by atoms with van der Waals surface area (Å²) in [7, 11) is 1.95. The molecule has 1 unspecified atom stereocenters. The molecule has 0 aliphatic heterocycles. The Morgan fingerprint density at radius 3 is 2.81 bits per heavy atom. The number of hydrogen-bond donors (Lipinski definition) is 1. The second-order valence-electron chi connectivity index (χ2n) is 3.79. The number of nitrogens with one attached hydrogen (secondary N) is 1. The van der Waals surface area contributed by atoms with E-state index in [9.17, 15) is 0 Å². The third kappa shape index (κ3) is 3.34. The first-order valence-electron chi connectivity index (χ1n) is 5.38. The van der Waals surface area contributed by atoms with E-state index in [0.717, 1.165) is 27.9 Å². The zero-order valence-corrected chi connectivity index (χ0v) is 12.0. The fourth-order valence-corrected chi connectivity index (χ4v) is 2.23. The van der Waals surface area contributed by atoms with Gasteiger partial charge in [-0.1, -0.05) is 42.8 Å². The minimum atomic E-state index is 0.234. The maximum Gasteiger partial charge on any atom is 0.0595 e. The fourth-order valence-electron chi connectivity index (χ4n) is 1.59. The second kappa shape index (κ2) is 6.43. The van der Waals surface area contributed by atoms with E-state index in [4.69, 9.17) is 11.6 Å². The van der Waals surface area contributed by atoms with Crippen LogP contribution in [0.25, 0.3) is 0 Å². The van der Waals surface area contributed by atoms with E-state index in [2.05, 4.69) is 40.8 Å². The van der Waals surface area contributed by atoms with Crippen LogP contribution in [-0.2, 0) is 0 Å². The lowest BCUT2D eigenvalue weighted by atomic mass is 9.98. The van der Waals surface area contributed by atoms with Gasteiger partial charge in [0.25, 0.3) is 0 Å². The van der Waals surface area contributed by atoms with Crippen LogP contribution in [-0.4, -0.2) is 7.05 Å². The molecule has 0 aliphatic rings. The number of rotatable bonds is 5. The molecule has 1 atom stereocenters. The monoisotopic (exact) mass is 301 g/mol. The predicted molar refractivity (Wildman–Crippen MR) is 75.0 cm³/mol. The predicted octanol–water partition coefficient (Wildman–Crippen LogP) is 4.72. The number of halogens is 2. The van der Waals surface area contributed by atoms with Crippen LogP contribution in [0.2, 0.25) is 5.02 Å². The van der Waals surface area contributed by atoms with Crippen LogP contribution in [0.1, 0.15) is 31.4 Å². The highest BCUT2D eigenvalue weighted by Crippen LogP contribution is 2.32. The first kappa shape index (κ1) is 13.8. The molecule has 88 valence electrons. The molecule has 0 heterocycles. The van der Waals surface area contributed by atoms with E-state index in [1.807, 2.05) is 19.2 Å². The third-order valence-corrected chi connectivity index (χ3v) is 4.01. The summed E-state index contributed by atoms with van der Waals surface area (Å²) in [5.74, 6) is 0. The van der Waals surface area contributed by atoms with E-state index < -0.39 is 0 Å².